The molecule has 0 aliphatic heterocycles. The number of ether oxygens (including phenoxy) is 1. The molecule has 0 aromatic heterocycles. The van der Waals surface area contributed by atoms with Crippen molar-refractivity contribution in [1.29, 1.82) is 0 Å². The summed E-state index contributed by atoms with van der Waals surface area (Å²) in [4.78, 5) is 11.2. The van der Waals surface area contributed by atoms with Crippen molar-refractivity contribution in [3.63, 3.8) is 0 Å². The summed E-state index contributed by atoms with van der Waals surface area (Å²) in [6, 6.07) is 16.0. The first-order chi connectivity index (χ1) is 9.15. The molecule has 0 aliphatic carbocycles. The maximum absolute atomic E-state index is 11.2. The van der Waals surface area contributed by atoms with Crippen LogP contribution in [0.25, 0.3) is 0 Å². The summed E-state index contributed by atoms with van der Waals surface area (Å²) in [7, 11) is 0. The third-order valence-corrected chi connectivity index (χ3v) is 2.88. The molecule has 0 fully saturated rings. The van der Waals surface area contributed by atoms with Gasteiger partial charge in [0.2, 0.25) is 0 Å². The van der Waals surface area contributed by atoms with Crippen LogP contribution in [0.1, 0.15) is 5.56 Å². The number of carboxylic acid groups (broad SMARTS) is 1. The quantitative estimate of drug-likeness (QED) is 0.910. The van der Waals surface area contributed by atoms with Gasteiger partial charge in [-0.1, -0.05) is 41.9 Å². The summed E-state index contributed by atoms with van der Waals surface area (Å²) < 4.78 is 5.48. The van der Waals surface area contributed by atoms with Crippen molar-refractivity contribution in [2.75, 3.05) is 0 Å². The van der Waals surface area contributed by atoms with Gasteiger partial charge in [0.25, 0.3) is 0 Å². The predicted molar refractivity (Wildman–Crippen MR) is 73.6 cm³/mol. The topological polar surface area (TPSA) is 46.5 Å². The van der Waals surface area contributed by atoms with E-state index in [0.717, 1.165) is 5.56 Å². The Morgan fingerprint density at radius 1 is 1.11 bits per heavy atom. The number of rotatable bonds is 5. The van der Waals surface area contributed by atoms with Gasteiger partial charge in [0.1, 0.15) is 5.75 Å². The molecule has 1 atom stereocenters. The van der Waals surface area contributed by atoms with Crippen molar-refractivity contribution in [2.24, 2.45) is 0 Å². The molecule has 2 aromatic carbocycles. The molecule has 3 nitrogen and oxygen atoms in total. The molecular formula is C15H13ClO3. The Kier molecular flexibility index (Phi) is 4.42. The zero-order valence-electron chi connectivity index (χ0n) is 10.1. The zero-order valence-corrected chi connectivity index (χ0v) is 10.9. The second kappa shape index (κ2) is 6.25. The van der Waals surface area contributed by atoms with E-state index in [9.17, 15) is 9.90 Å². The van der Waals surface area contributed by atoms with Gasteiger partial charge in [0.15, 0.2) is 6.10 Å². The first-order valence-corrected chi connectivity index (χ1v) is 6.22. The van der Waals surface area contributed by atoms with E-state index in [1.807, 2.05) is 30.3 Å². The van der Waals surface area contributed by atoms with Crippen LogP contribution in [0.4, 0.5) is 0 Å². The first kappa shape index (κ1) is 13.4. The number of carboxylic acids is 1. The second-order valence-electron chi connectivity index (χ2n) is 4.09. The molecule has 0 unspecified atom stereocenters. The van der Waals surface area contributed by atoms with E-state index < -0.39 is 12.1 Å². The molecule has 0 saturated carbocycles. The third-order valence-electron chi connectivity index (χ3n) is 2.63. The minimum atomic E-state index is -0.987. The lowest BCUT2D eigenvalue weighted by molar-refractivity contribution is -0.145. The SMILES string of the molecule is O=C(O)[C@H](Cc1ccccc1)Oc1ccc(Cl)cc1. The molecule has 0 radical (unpaired) electrons. The molecule has 2 rings (SSSR count). The average Bonchev–Trinajstić information content (AvgIpc) is 2.41. The number of halogens is 1. The monoisotopic (exact) mass is 276 g/mol. The lowest BCUT2D eigenvalue weighted by Gasteiger charge is -2.15. The Morgan fingerprint density at radius 3 is 2.32 bits per heavy atom. The molecule has 0 heterocycles. The van der Waals surface area contributed by atoms with E-state index in [1.165, 1.54) is 0 Å². The van der Waals surface area contributed by atoms with Crippen molar-refractivity contribution < 1.29 is 14.6 Å². The number of hydrogen-bond acceptors (Lipinski definition) is 2. The van der Waals surface area contributed by atoms with Crippen LogP contribution in [-0.4, -0.2) is 17.2 Å². The highest BCUT2D eigenvalue weighted by Crippen LogP contribution is 2.18. The average molecular weight is 277 g/mol. The minimum Gasteiger partial charge on any atom is -0.478 e. The molecule has 4 heteroatoms. The van der Waals surface area contributed by atoms with E-state index in [-0.39, 0.29) is 0 Å². The van der Waals surface area contributed by atoms with E-state index in [2.05, 4.69) is 0 Å². The maximum Gasteiger partial charge on any atom is 0.345 e. The Hall–Kier alpha value is -2.00. The lowest BCUT2D eigenvalue weighted by Crippen LogP contribution is -2.29. The van der Waals surface area contributed by atoms with Crippen molar-refractivity contribution in [2.45, 2.75) is 12.5 Å². The number of benzene rings is 2. The molecule has 0 saturated heterocycles. The minimum absolute atomic E-state index is 0.318. The van der Waals surface area contributed by atoms with Crippen LogP contribution < -0.4 is 4.74 Å². The third kappa shape index (κ3) is 4.00. The van der Waals surface area contributed by atoms with Crippen LogP contribution in [0.2, 0.25) is 5.02 Å². The van der Waals surface area contributed by atoms with Crippen molar-refractivity contribution in [3.8, 4) is 5.75 Å². The van der Waals surface area contributed by atoms with Gasteiger partial charge in [-0.25, -0.2) is 4.79 Å². The molecule has 0 bridgehead atoms. The summed E-state index contributed by atoms with van der Waals surface area (Å²) in [5.41, 5.74) is 0.920. The molecular weight excluding hydrogens is 264 g/mol. The molecule has 0 spiro atoms. The first-order valence-electron chi connectivity index (χ1n) is 5.84. The number of aliphatic carboxylic acids is 1. The van der Waals surface area contributed by atoms with Gasteiger partial charge in [-0.3, -0.25) is 0 Å². The van der Waals surface area contributed by atoms with Gasteiger partial charge in [-0.05, 0) is 29.8 Å². The Labute approximate surface area is 116 Å². The standard InChI is InChI=1S/C15H13ClO3/c16-12-6-8-13(9-7-12)19-14(15(17)18)10-11-4-2-1-3-5-11/h1-9,14H,10H2,(H,17,18)/t14-/m0/s1. The van der Waals surface area contributed by atoms with Crippen molar-refractivity contribution in [3.05, 3.63) is 65.2 Å². The van der Waals surface area contributed by atoms with Crippen LogP contribution >= 0.6 is 11.6 Å². The summed E-state index contributed by atoms with van der Waals surface area (Å²) >= 11 is 5.77. The van der Waals surface area contributed by atoms with Crippen LogP contribution in [0.5, 0.6) is 5.75 Å². The molecule has 2 aromatic rings. The molecule has 98 valence electrons. The zero-order chi connectivity index (χ0) is 13.7. The highest BCUT2D eigenvalue weighted by Gasteiger charge is 2.19. The molecule has 1 N–H and O–H groups in total. The summed E-state index contributed by atoms with van der Waals surface area (Å²) in [5.74, 6) is -0.494. The van der Waals surface area contributed by atoms with Gasteiger partial charge >= 0.3 is 5.97 Å². The fraction of sp³-hybridized carbons (Fsp3) is 0.133. The molecule has 0 aliphatic rings. The van der Waals surface area contributed by atoms with Crippen molar-refractivity contribution in [1.82, 2.24) is 0 Å². The summed E-state index contributed by atoms with van der Waals surface area (Å²) in [5, 5.41) is 9.78. The van der Waals surface area contributed by atoms with Gasteiger partial charge in [0.05, 0.1) is 0 Å². The van der Waals surface area contributed by atoms with Crippen LogP contribution in [0.3, 0.4) is 0 Å². The fourth-order valence-electron chi connectivity index (χ4n) is 1.68. The maximum atomic E-state index is 11.2. The van der Waals surface area contributed by atoms with E-state index >= 15 is 0 Å². The number of hydrogen-bond donors (Lipinski definition) is 1. The van der Waals surface area contributed by atoms with E-state index in [1.54, 1.807) is 24.3 Å². The van der Waals surface area contributed by atoms with Crippen molar-refractivity contribution >= 4 is 17.6 Å². The molecule has 19 heavy (non-hydrogen) atoms. The Bertz CT molecular complexity index is 537. The van der Waals surface area contributed by atoms with E-state index in [4.69, 9.17) is 16.3 Å². The van der Waals surface area contributed by atoms with Gasteiger partial charge in [-0.15, -0.1) is 0 Å². The lowest BCUT2D eigenvalue weighted by atomic mass is 10.1. The van der Waals surface area contributed by atoms with Gasteiger partial charge < -0.3 is 9.84 Å². The normalized spacial score (nSPS) is 11.8. The van der Waals surface area contributed by atoms with Crippen LogP contribution in [0.15, 0.2) is 54.6 Å². The predicted octanol–water partition coefficient (Wildman–Crippen LogP) is 3.41. The Balaban J connectivity index is 2.08. The van der Waals surface area contributed by atoms with E-state index in [0.29, 0.717) is 17.2 Å². The molecule has 0 amide bonds. The largest absolute Gasteiger partial charge is 0.478 e. The smallest absolute Gasteiger partial charge is 0.345 e. The highest BCUT2D eigenvalue weighted by atomic mass is 35.5. The highest BCUT2D eigenvalue weighted by molar-refractivity contribution is 6.30. The summed E-state index contributed by atoms with van der Waals surface area (Å²) in [6.07, 6.45) is -0.595. The fourth-order valence-corrected chi connectivity index (χ4v) is 1.81. The second-order valence-corrected chi connectivity index (χ2v) is 4.52. The van der Waals surface area contributed by atoms with Crippen LogP contribution in [0, 0.1) is 0 Å². The number of carbonyl (C=O) groups is 1. The Morgan fingerprint density at radius 2 is 1.74 bits per heavy atom. The summed E-state index contributed by atoms with van der Waals surface area (Å²) in [6.45, 7) is 0. The van der Waals surface area contributed by atoms with Gasteiger partial charge in [0, 0.05) is 11.4 Å². The van der Waals surface area contributed by atoms with Crippen LogP contribution in [-0.2, 0) is 11.2 Å². The van der Waals surface area contributed by atoms with Gasteiger partial charge in [-0.2, -0.15) is 0 Å².